The number of nitrogen functional groups attached to an aromatic ring is 1. The summed E-state index contributed by atoms with van der Waals surface area (Å²) in [7, 11) is 0. The number of hydrogen-bond acceptors (Lipinski definition) is 2. The molecule has 2 N–H and O–H groups in total. The molecule has 1 aromatic heterocycles. The van der Waals surface area contributed by atoms with E-state index in [0.717, 1.165) is 0 Å². The zero-order chi connectivity index (χ0) is 13.3. The Balaban J connectivity index is 2.47. The molecule has 94 valence electrons. The van der Waals surface area contributed by atoms with E-state index in [1.165, 1.54) is 22.3 Å². The van der Waals surface area contributed by atoms with Crippen molar-refractivity contribution in [3.05, 3.63) is 63.1 Å². The van der Waals surface area contributed by atoms with Gasteiger partial charge in [-0.25, -0.2) is 0 Å². The highest BCUT2D eigenvalue weighted by Gasteiger charge is 2.06. The van der Waals surface area contributed by atoms with Crippen LogP contribution < -0.4 is 11.3 Å². The number of anilines is 1. The highest BCUT2D eigenvalue weighted by Crippen LogP contribution is 2.17. The third kappa shape index (κ3) is 2.30. The van der Waals surface area contributed by atoms with Gasteiger partial charge < -0.3 is 10.3 Å². The lowest BCUT2D eigenvalue weighted by molar-refractivity contribution is 0.753. The Morgan fingerprint density at radius 1 is 1.17 bits per heavy atom. The van der Waals surface area contributed by atoms with Crippen LogP contribution in [0.15, 0.2) is 35.3 Å². The molecule has 0 aliphatic carbocycles. The van der Waals surface area contributed by atoms with E-state index in [1.54, 1.807) is 22.9 Å². The Kier molecular flexibility index (Phi) is 3.24. The van der Waals surface area contributed by atoms with Crippen LogP contribution in [0.3, 0.4) is 0 Å². The van der Waals surface area contributed by atoms with Crippen molar-refractivity contribution >= 4 is 5.69 Å². The predicted molar refractivity (Wildman–Crippen MR) is 74.9 cm³/mol. The van der Waals surface area contributed by atoms with Crippen LogP contribution in [0.2, 0.25) is 0 Å². The van der Waals surface area contributed by atoms with Crippen LogP contribution in [0.1, 0.15) is 22.3 Å². The van der Waals surface area contributed by atoms with Gasteiger partial charge in [0.2, 0.25) is 0 Å². The topological polar surface area (TPSA) is 48.0 Å². The molecule has 3 heteroatoms. The molecular formula is C15H18N2O. The van der Waals surface area contributed by atoms with Crippen molar-refractivity contribution in [1.82, 2.24) is 4.57 Å². The second kappa shape index (κ2) is 4.69. The molecule has 0 aliphatic heterocycles. The molecule has 18 heavy (non-hydrogen) atoms. The second-order valence-corrected chi connectivity index (χ2v) is 4.77. The first kappa shape index (κ1) is 12.4. The Bertz CT molecular complexity index is 618. The molecule has 0 saturated heterocycles. The normalized spacial score (nSPS) is 10.6. The molecule has 0 unspecified atom stereocenters. The van der Waals surface area contributed by atoms with Crippen molar-refractivity contribution in [1.29, 1.82) is 0 Å². The maximum atomic E-state index is 11.9. The number of rotatable bonds is 2. The van der Waals surface area contributed by atoms with E-state index in [0.29, 0.717) is 12.2 Å². The van der Waals surface area contributed by atoms with Crippen LogP contribution in [0.25, 0.3) is 0 Å². The first-order chi connectivity index (χ1) is 8.49. The molecule has 0 bridgehead atoms. The number of pyridine rings is 1. The summed E-state index contributed by atoms with van der Waals surface area (Å²) in [5.74, 6) is 0. The number of nitrogens with two attached hydrogens (primary N) is 1. The lowest BCUT2D eigenvalue weighted by Gasteiger charge is -2.13. The van der Waals surface area contributed by atoms with Crippen molar-refractivity contribution in [3.63, 3.8) is 0 Å². The number of nitrogens with zero attached hydrogens (tertiary/aromatic N) is 1. The lowest BCUT2D eigenvalue weighted by atomic mass is 10.00. The average Bonchev–Trinajstić information content (AvgIpc) is 2.28. The molecular weight excluding hydrogens is 224 g/mol. The van der Waals surface area contributed by atoms with Gasteiger partial charge in [0.15, 0.2) is 0 Å². The van der Waals surface area contributed by atoms with Gasteiger partial charge in [0.1, 0.15) is 0 Å². The number of benzene rings is 1. The molecule has 0 atom stereocenters. The van der Waals surface area contributed by atoms with Gasteiger partial charge >= 0.3 is 0 Å². The molecule has 0 fully saturated rings. The van der Waals surface area contributed by atoms with Crippen molar-refractivity contribution in [2.75, 3.05) is 5.73 Å². The third-order valence-corrected chi connectivity index (χ3v) is 3.22. The molecule has 0 saturated carbocycles. The monoisotopic (exact) mass is 242 g/mol. The molecule has 2 rings (SSSR count). The lowest BCUT2D eigenvalue weighted by Crippen LogP contribution is -2.23. The fraction of sp³-hybridized carbons (Fsp3) is 0.267. The Hall–Kier alpha value is -2.03. The van der Waals surface area contributed by atoms with E-state index in [9.17, 15) is 4.79 Å². The van der Waals surface area contributed by atoms with Gasteiger partial charge in [-0.05, 0) is 49.6 Å². The quantitative estimate of drug-likeness (QED) is 0.879. The average molecular weight is 242 g/mol. The van der Waals surface area contributed by atoms with Crippen LogP contribution in [-0.2, 0) is 6.54 Å². The van der Waals surface area contributed by atoms with Crippen molar-refractivity contribution in [2.24, 2.45) is 0 Å². The summed E-state index contributed by atoms with van der Waals surface area (Å²) in [5.41, 5.74) is 10.7. The fourth-order valence-electron chi connectivity index (χ4n) is 2.31. The summed E-state index contributed by atoms with van der Waals surface area (Å²) in [6.45, 7) is 6.80. The molecule has 1 heterocycles. The van der Waals surface area contributed by atoms with Crippen LogP contribution in [0.4, 0.5) is 5.69 Å². The third-order valence-electron chi connectivity index (χ3n) is 3.22. The minimum atomic E-state index is -0.128. The Morgan fingerprint density at radius 2 is 1.78 bits per heavy atom. The van der Waals surface area contributed by atoms with Crippen LogP contribution in [0.5, 0.6) is 0 Å². The first-order valence-electron chi connectivity index (χ1n) is 6.00. The molecule has 0 radical (unpaired) electrons. The molecule has 0 aliphatic rings. The van der Waals surface area contributed by atoms with Gasteiger partial charge in [-0.1, -0.05) is 17.7 Å². The maximum absolute atomic E-state index is 11.9. The van der Waals surface area contributed by atoms with Crippen molar-refractivity contribution < 1.29 is 0 Å². The highest BCUT2D eigenvalue weighted by atomic mass is 16.1. The summed E-state index contributed by atoms with van der Waals surface area (Å²) < 4.78 is 1.65. The SMILES string of the molecule is Cc1cc(C)c(Cn2cccc(N)c2=O)c(C)c1. The van der Waals surface area contributed by atoms with Crippen LogP contribution in [0, 0.1) is 20.8 Å². The zero-order valence-corrected chi connectivity index (χ0v) is 11.0. The van der Waals surface area contributed by atoms with E-state index in [4.69, 9.17) is 5.73 Å². The smallest absolute Gasteiger partial charge is 0.273 e. The van der Waals surface area contributed by atoms with Gasteiger partial charge in [-0.15, -0.1) is 0 Å². The molecule has 3 nitrogen and oxygen atoms in total. The first-order valence-corrected chi connectivity index (χ1v) is 6.00. The summed E-state index contributed by atoms with van der Waals surface area (Å²) in [4.78, 5) is 11.9. The van der Waals surface area contributed by atoms with E-state index in [1.807, 2.05) is 0 Å². The molecule has 0 spiro atoms. The number of hydrogen-bond donors (Lipinski definition) is 1. The summed E-state index contributed by atoms with van der Waals surface area (Å²) >= 11 is 0. The van der Waals surface area contributed by atoms with E-state index >= 15 is 0 Å². The van der Waals surface area contributed by atoms with Crippen molar-refractivity contribution in [2.45, 2.75) is 27.3 Å². The molecule has 2 aromatic rings. The van der Waals surface area contributed by atoms with Crippen LogP contribution in [-0.4, -0.2) is 4.57 Å². The Labute approximate surface area is 107 Å². The van der Waals surface area contributed by atoms with Crippen molar-refractivity contribution in [3.8, 4) is 0 Å². The zero-order valence-electron chi connectivity index (χ0n) is 11.0. The van der Waals surface area contributed by atoms with E-state index in [2.05, 4.69) is 32.9 Å². The van der Waals surface area contributed by atoms with Gasteiger partial charge in [-0.2, -0.15) is 0 Å². The van der Waals surface area contributed by atoms with E-state index in [-0.39, 0.29) is 5.56 Å². The maximum Gasteiger partial charge on any atom is 0.273 e. The Morgan fingerprint density at radius 3 is 2.39 bits per heavy atom. The van der Waals surface area contributed by atoms with Gasteiger partial charge in [0.05, 0.1) is 12.2 Å². The summed E-state index contributed by atoms with van der Waals surface area (Å²) in [5, 5.41) is 0. The highest BCUT2D eigenvalue weighted by molar-refractivity contribution is 5.39. The van der Waals surface area contributed by atoms with Gasteiger partial charge in [0.25, 0.3) is 5.56 Å². The number of aromatic nitrogens is 1. The fourth-order valence-corrected chi connectivity index (χ4v) is 2.31. The largest absolute Gasteiger partial charge is 0.394 e. The van der Waals surface area contributed by atoms with Gasteiger partial charge in [-0.3, -0.25) is 4.79 Å². The second-order valence-electron chi connectivity index (χ2n) is 4.77. The molecule has 1 aromatic carbocycles. The minimum Gasteiger partial charge on any atom is -0.394 e. The van der Waals surface area contributed by atoms with E-state index < -0.39 is 0 Å². The predicted octanol–water partition coefficient (Wildman–Crippen LogP) is 2.40. The number of aryl methyl sites for hydroxylation is 3. The summed E-state index contributed by atoms with van der Waals surface area (Å²) in [6.07, 6.45) is 1.78. The van der Waals surface area contributed by atoms with Crippen LogP contribution >= 0.6 is 0 Å². The minimum absolute atomic E-state index is 0.128. The molecule has 0 amide bonds. The standard InChI is InChI=1S/C15H18N2O/c1-10-7-11(2)13(12(3)8-10)9-17-6-4-5-14(16)15(17)18/h4-8H,9,16H2,1-3H3. The summed E-state index contributed by atoms with van der Waals surface area (Å²) in [6, 6.07) is 7.71. The van der Waals surface area contributed by atoms with Gasteiger partial charge in [0, 0.05) is 6.20 Å².